The lowest BCUT2D eigenvalue weighted by Crippen LogP contribution is -2.34. The molecule has 3 rings (SSSR count). The first-order chi connectivity index (χ1) is 11.7. The minimum Gasteiger partial charge on any atom is -0.484 e. The van der Waals surface area contributed by atoms with E-state index in [9.17, 15) is 4.79 Å². The standard InChI is InChI=1S/C17H16ClN3O2S/c18-13-4-6-14(7-5-13)23-12-17(22)19-11-15(16-3-1-10-24-16)21-9-2-8-20-21/h1-10,15H,11-12H2,(H,19,22). The molecular weight excluding hydrogens is 346 g/mol. The molecule has 1 unspecified atom stereocenters. The number of ether oxygens (including phenoxy) is 1. The van der Waals surface area contributed by atoms with Crippen molar-refractivity contribution in [3.63, 3.8) is 0 Å². The SMILES string of the molecule is O=C(COc1ccc(Cl)cc1)NCC(c1cccs1)n1cccn1. The van der Waals surface area contributed by atoms with Gasteiger partial charge in [-0.3, -0.25) is 9.48 Å². The van der Waals surface area contributed by atoms with Crippen molar-refractivity contribution in [3.8, 4) is 5.75 Å². The van der Waals surface area contributed by atoms with Gasteiger partial charge < -0.3 is 10.1 Å². The first-order valence-corrected chi connectivity index (χ1v) is 8.66. The van der Waals surface area contributed by atoms with Crippen LogP contribution < -0.4 is 10.1 Å². The van der Waals surface area contributed by atoms with Gasteiger partial charge in [-0.25, -0.2) is 0 Å². The number of hydrogen-bond acceptors (Lipinski definition) is 4. The van der Waals surface area contributed by atoms with Crippen LogP contribution >= 0.6 is 22.9 Å². The van der Waals surface area contributed by atoms with E-state index in [0.29, 0.717) is 17.3 Å². The van der Waals surface area contributed by atoms with Gasteiger partial charge in [0.25, 0.3) is 5.91 Å². The number of amides is 1. The molecule has 5 nitrogen and oxygen atoms in total. The summed E-state index contributed by atoms with van der Waals surface area (Å²) in [5.41, 5.74) is 0. The summed E-state index contributed by atoms with van der Waals surface area (Å²) >= 11 is 7.45. The molecular formula is C17H16ClN3O2S. The number of aromatic nitrogens is 2. The van der Waals surface area contributed by atoms with Crippen molar-refractivity contribution in [3.05, 3.63) is 70.1 Å². The van der Waals surface area contributed by atoms with E-state index in [1.807, 2.05) is 34.5 Å². The first-order valence-electron chi connectivity index (χ1n) is 7.40. The monoisotopic (exact) mass is 361 g/mol. The fourth-order valence-electron chi connectivity index (χ4n) is 2.21. The van der Waals surface area contributed by atoms with Gasteiger partial charge in [0.05, 0.1) is 0 Å². The third-order valence-electron chi connectivity index (χ3n) is 3.39. The molecule has 2 heterocycles. The molecule has 1 N–H and O–H groups in total. The molecule has 0 saturated heterocycles. The third kappa shape index (κ3) is 4.37. The summed E-state index contributed by atoms with van der Waals surface area (Å²) < 4.78 is 7.29. The molecule has 2 aromatic heterocycles. The van der Waals surface area contributed by atoms with Gasteiger partial charge in [-0.15, -0.1) is 11.3 Å². The van der Waals surface area contributed by atoms with E-state index >= 15 is 0 Å². The van der Waals surface area contributed by atoms with Crippen LogP contribution in [0.3, 0.4) is 0 Å². The summed E-state index contributed by atoms with van der Waals surface area (Å²) in [5.74, 6) is 0.426. The number of nitrogens with zero attached hydrogens (tertiary/aromatic N) is 2. The summed E-state index contributed by atoms with van der Waals surface area (Å²) in [7, 11) is 0. The van der Waals surface area contributed by atoms with E-state index in [1.165, 1.54) is 0 Å². The summed E-state index contributed by atoms with van der Waals surface area (Å²) in [6.45, 7) is 0.406. The Bertz CT molecular complexity index is 724. The van der Waals surface area contributed by atoms with Crippen LogP contribution in [-0.4, -0.2) is 28.8 Å². The topological polar surface area (TPSA) is 56.1 Å². The normalized spacial score (nSPS) is 11.9. The molecule has 1 aromatic carbocycles. The maximum Gasteiger partial charge on any atom is 0.258 e. The predicted molar refractivity (Wildman–Crippen MR) is 94.6 cm³/mol. The average Bonchev–Trinajstić information content (AvgIpc) is 3.29. The maximum atomic E-state index is 12.0. The number of benzene rings is 1. The quantitative estimate of drug-likeness (QED) is 0.701. The molecule has 124 valence electrons. The predicted octanol–water partition coefficient (Wildman–Crippen LogP) is 3.38. The number of rotatable bonds is 7. The number of thiophene rings is 1. The Morgan fingerprint density at radius 1 is 1.29 bits per heavy atom. The molecule has 0 aliphatic carbocycles. The molecule has 0 fully saturated rings. The molecule has 1 atom stereocenters. The maximum absolute atomic E-state index is 12.0. The van der Waals surface area contributed by atoms with Gasteiger partial charge in [0.1, 0.15) is 11.8 Å². The van der Waals surface area contributed by atoms with Crippen molar-refractivity contribution < 1.29 is 9.53 Å². The van der Waals surface area contributed by atoms with Crippen LogP contribution in [0.1, 0.15) is 10.9 Å². The zero-order chi connectivity index (χ0) is 16.8. The van der Waals surface area contributed by atoms with Gasteiger partial charge in [-0.1, -0.05) is 17.7 Å². The highest BCUT2D eigenvalue weighted by Crippen LogP contribution is 2.21. The van der Waals surface area contributed by atoms with Gasteiger partial charge in [-0.05, 0) is 41.8 Å². The van der Waals surface area contributed by atoms with E-state index in [1.54, 1.807) is 41.8 Å². The number of carbonyl (C=O) groups excluding carboxylic acids is 1. The molecule has 3 aromatic rings. The second-order valence-electron chi connectivity index (χ2n) is 5.06. The van der Waals surface area contributed by atoms with Crippen LogP contribution in [0.25, 0.3) is 0 Å². The van der Waals surface area contributed by atoms with Crippen LogP contribution in [-0.2, 0) is 4.79 Å². The van der Waals surface area contributed by atoms with Crippen LogP contribution in [0.15, 0.2) is 60.2 Å². The van der Waals surface area contributed by atoms with E-state index in [0.717, 1.165) is 4.88 Å². The summed E-state index contributed by atoms with van der Waals surface area (Å²) in [6.07, 6.45) is 3.62. The molecule has 0 spiro atoms. The van der Waals surface area contributed by atoms with Gasteiger partial charge in [0, 0.05) is 28.8 Å². The van der Waals surface area contributed by atoms with Crippen molar-refractivity contribution in [1.82, 2.24) is 15.1 Å². The van der Waals surface area contributed by atoms with Crippen LogP contribution in [0.2, 0.25) is 5.02 Å². The smallest absolute Gasteiger partial charge is 0.258 e. The Balaban J connectivity index is 1.54. The van der Waals surface area contributed by atoms with Gasteiger partial charge in [0.15, 0.2) is 6.61 Å². The highest BCUT2D eigenvalue weighted by molar-refractivity contribution is 7.10. The largest absolute Gasteiger partial charge is 0.484 e. The minimum absolute atomic E-state index is 0.0283. The minimum atomic E-state index is -0.182. The zero-order valence-corrected chi connectivity index (χ0v) is 14.3. The Hall–Kier alpha value is -2.31. The Morgan fingerprint density at radius 3 is 2.79 bits per heavy atom. The van der Waals surface area contributed by atoms with Crippen molar-refractivity contribution in [2.75, 3.05) is 13.2 Å². The van der Waals surface area contributed by atoms with Crippen LogP contribution in [0.5, 0.6) is 5.75 Å². The molecule has 0 aliphatic rings. The van der Waals surface area contributed by atoms with E-state index in [-0.39, 0.29) is 18.6 Å². The lowest BCUT2D eigenvalue weighted by atomic mass is 10.2. The highest BCUT2D eigenvalue weighted by Gasteiger charge is 2.16. The van der Waals surface area contributed by atoms with Gasteiger partial charge in [-0.2, -0.15) is 5.10 Å². The lowest BCUT2D eigenvalue weighted by molar-refractivity contribution is -0.123. The van der Waals surface area contributed by atoms with E-state index in [2.05, 4.69) is 10.4 Å². The number of carbonyl (C=O) groups is 1. The van der Waals surface area contributed by atoms with Crippen LogP contribution in [0.4, 0.5) is 0 Å². The fourth-order valence-corrected chi connectivity index (χ4v) is 3.16. The summed E-state index contributed by atoms with van der Waals surface area (Å²) in [5, 5.41) is 9.82. The van der Waals surface area contributed by atoms with E-state index < -0.39 is 0 Å². The molecule has 7 heteroatoms. The van der Waals surface area contributed by atoms with E-state index in [4.69, 9.17) is 16.3 Å². The van der Waals surface area contributed by atoms with Gasteiger partial charge >= 0.3 is 0 Å². The lowest BCUT2D eigenvalue weighted by Gasteiger charge is -2.17. The fraction of sp³-hybridized carbons (Fsp3) is 0.176. The Morgan fingerprint density at radius 2 is 2.12 bits per heavy atom. The Labute approximate surface area is 148 Å². The first kappa shape index (κ1) is 16.5. The molecule has 1 amide bonds. The molecule has 0 radical (unpaired) electrons. The third-order valence-corrected chi connectivity index (χ3v) is 4.62. The second kappa shape index (κ2) is 7.99. The van der Waals surface area contributed by atoms with Crippen molar-refractivity contribution in [2.24, 2.45) is 0 Å². The van der Waals surface area contributed by atoms with Crippen molar-refractivity contribution >= 4 is 28.8 Å². The Kier molecular flexibility index (Phi) is 5.51. The van der Waals surface area contributed by atoms with Crippen molar-refractivity contribution in [1.29, 1.82) is 0 Å². The second-order valence-corrected chi connectivity index (χ2v) is 6.48. The average molecular weight is 362 g/mol. The summed E-state index contributed by atoms with van der Waals surface area (Å²) in [6, 6.07) is 12.8. The molecule has 24 heavy (non-hydrogen) atoms. The number of halogens is 1. The van der Waals surface area contributed by atoms with Crippen LogP contribution in [0, 0.1) is 0 Å². The van der Waals surface area contributed by atoms with Crippen molar-refractivity contribution in [2.45, 2.75) is 6.04 Å². The zero-order valence-electron chi connectivity index (χ0n) is 12.8. The molecule has 0 aliphatic heterocycles. The molecule has 0 saturated carbocycles. The number of nitrogens with one attached hydrogen (secondary N) is 1. The summed E-state index contributed by atoms with van der Waals surface area (Å²) in [4.78, 5) is 13.2. The highest BCUT2D eigenvalue weighted by atomic mass is 35.5. The van der Waals surface area contributed by atoms with Gasteiger partial charge in [0.2, 0.25) is 0 Å². The molecule has 0 bridgehead atoms. The number of hydrogen-bond donors (Lipinski definition) is 1.